The molecule has 0 saturated carbocycles. The van der Waals surface area contributed by atoms with Crippen molar-refractivity contribution in [1.82, 2.24) is 4.90 Å². The highest BCUT2D eigenvalue weighted by Gasteiger charge is 2.43. The highest BCUT2D eigenvalue weighted by molar-refractivity contribution is 6.32. The van der Waals surface area contributed by atoms with Gasteiger partial charge in [-0.25, -0.2) is 0 Å². The van der Waals surface area contributed by atoms with Gasteiger partial charge < -0.3 is 14.4 Å². The lowest BCUT2D eigenvalue weighted by Gasteiger charge is -2.44. The Bertz CT molecular complexity index is 1270. The predicted molar refractivity (Wildman–Crippen MR) is 145 cm³/mol. The first-order valence-corrected chi connectivity index (χ1v) is 13.7. The van der Waals surface area contributed by atoms with Crippen molar-refractivity contribution < 1.29 is 19.1 Å². The standard InChI is InChI=1S/C30H31Cl2NO4/c1-3-14-33-22-10-6-12-24(34)28(22)27(29-23(33)11-7-13-25(29)35)19-15-21(32)30(26(16-19)36-2)37-17-18-8-4-5-9-20(18)31/h4-5,8-9,15-16,27H,3,6-7,10-14,17H2,1-2H3. The summed E-state index contributed by atoms with van der Waals surface area (Å²) in [6.07, 6.45) is 5.28. The second-order valence-corrected chi connectivity index (χ2v) is 10.6. The van der Waals surface area contributed by atoms with Gasteiger partial charge in [0.25, 0.3) is 0 Å². The average Bonchev–Trinajstić information content (AvgIpc) is 2.89. The lowest BCUT2D eigenvalue weighted by Crippen LogP contribution is -2.39. The number of hydrogen-bond acceptors (Lipinski definition) is 5. The van der Waals surface area contributed by atoms with Crippen LogP contribution in [0.15, 0.2) is 58.9 Å². The van der Waals surface area contributed by atoms with Gasteiger partial charge >= 0.3 is 0 Å². The van der Waals surface area contributed by atoms with Crippen LogP contribution >= 0.6 is 23.2 Å². The number of allylic oxidation sites excluding steroid dienone is 4. The molecule has 0 bridgehead atoms. The molecule has 3 aliphatic rings. The van der Waals surface area contributed by atoms with Gasteiger partial charge in [-0.2, -0.15) is 0 Å². The summed E-state index contributed by atoms with van der Waals surface area (Å²) in [5.41, 5.74) is 5.26. The smallest absolute Gasteiger partial charge is 0.180 e. The van der Waals surface area contributed by atoms with Crippen molar-refractivity contribution in [2.75, 3.05) is 13.7 Å². The first-order valence-electron chi connectivity index (χ1n) is 13.0. The molecule has 0 fully saturated rings. The Morgan fingerprint density at radius 3 is 2.16 bits per heavy atom. The Labute approximate surface area is 228 Å². The van der Waals surface area contributed by atoms with Gasteiger partial charge in [0.15, 0.2) is 23.1 Å². The van der Waals surface area contributed by atoms with E-state index in [-0.39, 0.29) is 18.2 Å². The zero-order chi connectivity index (χ0) is 26.1. The number of hydrogen-bond donors (Lipinski definition) is 0. The van der Waals surface area contributed by atoms with Crippen molar-refractivity contribution in [2.24, 2.45) is 0 Å². The number of ketones is 2. The van der Waals surface area contributed by atoms with E-state index < -0.39 is 5.92 Å². The Balaban J connectivity index is 1.60. The number of methoxy groups -OCH3 is 1. The molecule has 2 aliphatic carbocycles. The fourth-order valence-electron chi connectivity index (χ4n) is 5.86. The summed E-state index contributed by atoms with van der Waals surface area (Å²) in [5, 5.41) is 0.979. The maximum absolute atomic E-state index is 13.4. The Morgan fingerprint density at radius 1 is 0.919 bits per heavy atom. The molecular weight excluding hydrogens is 509 g/mol. The van der Waals surface area contributed by atoms with E-state index in [9.17, 15) is 9.59 Å². The maximum atomic E-state index is 13.4. The largest absolute Gasteiger partial charge is 0.493 e. The number of Topliss-reactive ketones (excluding diaryl/α,β-unsaturated/α-hetero) is 2. The molecule has 0 saturated heterocycles. The van der Waals surface area contributed by atoms with E-state index in [0.29, 0.717) is 34.4 Å². The molecule has 37 heavy (non-hydrogen) atoms. The van der Waals surface area contributed by atoms with Crippen LogP contribution in [0.4, 0.5) is 0 Å². The number of rotatable bonds is 7. The molecule has 194 valence electrons. The van der Waals surface area contributed by atoms with Crippen LogP contribution in [0.3, 0.4) is 0 Å². The number of ether oxygens (including phenoxy) is 2. The third-order valence-electron chi connectivity index (χ3n) is 7.45. The minimum absolute atomic E-state index is 0.117. The van der Waals surface area contributed by atoms with Gasteiger partial charge in [-0.15, -0.1) is 0 Å². The van der Waals surface area contributed by atoms with E-state index in [1.165, 1.54) is 0 Å². The molecule has 5 nitrogen and oxygen atoms in total. The molecule has 0 amide bonds. The zero-order valence-electron chi connectivity index (χ0n) is 21.2. The van der Waals surface area contributed by atoms with E-state index in [2.05, 4.69) is 11.8 Å². The van der Waals surface area contributed by atoms with Crippen LogP contribution in [0.5, 0.6) is 11.5 Å². The van der Waals surface area contributed by atoms with Crippen LogP contribution in [0.25, 0.3) is 0 Å². The molecule has 1 aliphatic heterocycles. The highest BCUT2D eigenvalue weighted by Crippen LogP contribution is 2.51. The number of carbonyl (C=O) groups excluding carboxylic acids is 2. The summed E-state index contributed by atoms with van der Waals surface area (Å²) >= 11 is 13.1. The predicted octanol–water partition coefficient (Wildman–Crippen LogP) is 7.40. The monoisotopic (exact) mass is 539 g/mol. The molecule has 2 aromatic rings. The van der Waals surface area contributed by atoms with Crippen molar-refractivity contribution in [3.05, 3.63) is 80.1 Å². The summed E-state index contributed by atoms with van der Waals surface area (Å²) in [4.78, 5) is 29.1. The lowest BCUT2D eigenvalue weighted by atomic mass is 9.71. The van der Waals surface area contributed by atoms with E-state index in [4.69, 9.17) is 32.7 Å². The van der Waals surface area contributed by atoms with Crippen molar-refractivity contribution in [3.63, 3.8) is 0 Å². The minimum atomic E-state index is -0.442. The Morgan fingerprint density at radius 2 is 1.57 bits per heavy atom. The van der Waals surface area contributed by atoms with Crippen LogP contribution in [0, 0.1) is 0 Å². The Hall–Kier alpha value is -2.76. The molecule has 0 N–H and O–H groups in total. The second-order valence-electron chi connectivity index (χ2n) is 9.77. The van der Waals surface area contributed by atoms with E-state index in [1.54, 1.807) is 7.11 Å². The summed E-state index contributed by atoms with van der Waals surface area (Å²) in [5.74, 6) is 0.659. The molecule has 5 rings (SSSR count). The fraction of sp³-hybridized carbons (Fsp3) is 0.400. The third kappa shape index (κ3) is 4.80. The molecule has 0 radical (unpaired) electrons. The van der Waals surface area contributed by atoms with Gasteiger partial charge in [0, 0.05) is 58.4 Å². The molecule has 0 spiro atoms. The molecule has 0 atom stereocenters. The van der Waals surface area contributed by atoms with Crippen LogP contribution in [-0.2, 0) is 16.2 Å². The molecule has 2 aromatic carbocycles. The van der Waals surface area contributed by atoms with Crippen molar-refractivity contribution in [1.29, 1.82) is 0 Å². The van der Waals surface area contributed by atoms with Crippen LogP contribution in [0.2, 0.25) is 10.0 Å². The highest BCUT2D eigenvalue weighted by atomic mass is 35.5. The normalized spacial score (nSPS) is 18.2. The number of halogens is 2. The first-order chi connectivity index (χ1) is 17.9. The van der Waals surface area contributed by atoms with Crippen LogP contribution < -0.4 is 9.47 Å². The average molecular weight is 540 g/mol. The summed E-state index contributed by atoms with van der Waals surface area (Å²) < 4.78 is 11.8. The van der Waals surface area contributed by atoms with E-state index in [0.717, 1.165) is 72.3 Å². The topological polar surface area (TPSA) is 55.8 Å². The minimum Gasteiger partial charge on any atom is -0.493 e. The third-order valence-corrected chi connectivity index (χ3v) is 8.10. The molecule has 1 heterocycles. The van der Waals surface area contributed by atoms with Crippen LogP contribution in [0.1, 0.15) is 68.9 Å². The Kier molecular flexibility index (Phi) is 7.64. The van der Waals surface area contributed by atoms with Gasteiger partial charge in [-0.05, 0) is 55.9 Å². The zero-order valence-corrected chi connectivity index (χ0v) is 22.8. The van der Waals surface area contributed by atoms with Gasteiger partial charge in [-0.3, -0.25) is 9.59 Å². The second kappa shape index (κ2) is 10.9. The van der Waals surface area contributed by atoms with E-state index in [1.807, 2.05) is 36.4 Å². The molecule has 0 aromatic heterocycles. The number of nitrogens with zero attached hydrogens (tertiary/aromatic N) is 1. The van der Waals surface area contributed by atoms with E-state index >= 15 is 0 Å². The van der Waals surface area contributed by atoms with Crippen molar-refractivity contribution in [3.8, 4) is 11.5 Å². The maximum Gasteiger partial charge on any atom is 0.180 e. The first kappa shape index (κ1) is 25.9. The van der Waals surface area contributed by atoms with Crippen molar-refractivity contribution >= 4 is 34.8 Å². The number of carbonyl (C=O) groups is 2. The lowest BCUT2D eigenvalue weighted by molar-refractivity contribution is -0.117. The summed E-state index contributed by atoms with van der Waals surface area (Å²) in [6.45, 7) is 3.17. The van der Waals surface area contributed by atoms with Gasteiger partial charge in [0.1, 0.15) is 6.61 Å². The summed E-state index contributed by atoms with van der Waals surface area (Å²) in [7, 11) is 1.56. The molecule has 7 heteroatoms. The van der Waals surface area contributed by atoms with Gasteiger partial charge in [0.2, 0.25) is 0 Å². The van der Waals surface area contributed by atoms with Crippen molar-refractivity contribution in [2.45, 2.75) is 64.4 Å². The SMILES string of the molecule is CCCN1C2=C(C(=O)CCC2)C(c2cc(Cl)c(OCc3ccccc3Cl)c(OC)c2)C2=C1CCCC2=O. The van der Waals surface area contributed by atoms with Gasteiger partial charge in [-0.1, -0.05) is 48.3 Å². The molecule has 0 unspecified atom stereocenters. The molecular formula is C30H31Cl2NO4. The number of benzene rings is 2. The van der Waals surface area contributed by atoms with Gasteiger partial charge in [0.05, 0.1) is 12.1 Å². The van der Waals surface area contributed by atoms with Crippen LogP contribution in [-0.4, -0.2) is 30.1 Å². The summed E-state index contributed by atoms with van der Waals surface area (Å²) in [6, 6.07) is 11.2. The quantitative estimate of drug-likeness (QED) is 0.366. The fourth-order valence-corrected chi connectivity index (χ4v) is 6.32.